The summed E-state index contributed by atoms with van der Waals surface area (Å²) in [7, 11) is 1.57. The molecule has 5 nitrogen and oxygen atoms in total. The molecule has 0 aliphatic carbocycles. The van der Waals surface area contributed by atoms with Crippen LogP contribution in [-0.2, 0) is 6.61 Å². The number of benzene rings is 2. The van der Waals surface area contributed by atoms with Crippen molar-refractivity contribution in [1.29, 1.82) is 0 Å². The van der Waals surface area contributed by atoms with Gasteiger partial charge in [0.05, 0.1) is 7.11 Å². The summed E-state index contributed by atoms with van der Waals surface area (Å²) in [5.41, 5.74) is 7.43. The first-order valence-electron chi connectivity index (χ1n) is 8.99. The molecule has 1 saturated heterocycles. The van der Waals surface area contributed by atoms with Crippen molar-refractivity contribution in [2.24, 2.45) is 11.1 Å². The lowest BCUT2D eigenvalue weighted by Gasteiger charge is -2.23. The zero-order valence-corrected chi connectivity index (χ0v) is 16.5. The first-order valence-corrected chi connectivity index (χ1v) is 9.36. The van der Waals surface area contributed by atoms with Crippen molar-refractivity contribution >= 4 is 17.5 Å². The van der Waals surface area contributed by atoms with Gasteiger partial charge in [-0.1, -0.05) is 30.7 Å². The molecule has 2 aromatic rings. The van der Waals surface area contributed by atoms with Crippen molar-refractivity contribution < 1.29 is 14.3 Å². The molecule has 1 aliphatic rings. The molecule has 0 spiro atoms. The fraction of sp³-hybridized carbons (Fsp3) is 0.381. The van der Waals surface area contributed by atoms with E-state index in [0.29, 0.717) is 41.8 Å². The maximum Gasteiger partial charge on any atom is 0.254 e. The van der Waals surface area contributed by atoms with Crippen LogP contribution in [0.3, 0.4) is 0 Å². The van der Waals surface area contributed by atoms with Crippen molar-refractivity contribution in [1.82, 2.24) is 4.90 Å². The van der Waals surface area contributed by atoms with E-state index >= 15 is 0 Å². The zero-order valence-electron chi connectivity index (χ0n) is 15.7. The highest BCUT2D eigenvalue weighted by molar-refractivity contribution is 6.30. The molecule has 0 saturated carbocycles. The lowest BCUT2D eigenvalue weighted by molar-refractivity contribution is 0.0776. The highest BCUT2D eigenvalue weighted by atomic mass is 35.5. The van der Waals surface area contributed by atoms with Crippen LogP contribution >= 0.6 is 11.6 Å². The Morgan fingerprint density at radius 2 is 1.96 bits per heavy atom. The SMILES string of the molecule is COc1cc(C(=O)N2CCC(C)(CN)C2)ccc1OCc1ccc(Cl)cc1. The molecule has 3 rings (SSSR count). The number of methoxy groups -OCH3 is 1. The fourth-order valence-corrected chi connectivity index (χ4v) is 3.33. The van der Waals surface area contributed by atoms with Gasteiger partial charge in [-0.05, 0) is 54.3 Å². The van der Waals surface area contributed by atoms with E-state index in [4.69, 9.17) is 26.8 Å². The predicted molar refractivity (Wildman–Crippen MR) is 106 cm³/mol. The Bertz CT molecular complexity index is 810. The third kappa shape index (κ3) is 4.54. The Hall–Kier alpha value is -2.24. The largest absolute Gasteiger partial charge is 0.493 e. The van der Waals surface area contributed by atoms with Crippen LogP contribution in [0.15, 0.2) is 42.5 Å². The number of nitrogens with zero attached hydrogens (tertiary/aromatic N) is 1. The van der Waals surface area contributed by atoms with Crippen LogP contribution in [0.1, 0.15) is 29.3 Å². The van der Waals surface area contributed by atoms with Crippen LogP contribution in [0.4, 0.5) is 0 Å². The van der Waals surface area contributed by atoms with Gasteiger partial charge in [-0.3, -0.25) is 4.79 Å². The number of hydrogen-bond acceptors (Lipinski definition) is 4. The standard InChI is InChI=1S/C21H25ClN2O3/c1-21(13-23)9-10-24(14-21)20(25)16-5-8-18(19(11-16)26-2)27-12-15-3-6-17(22)7-4-15/h3-8,11H,9-10,12-14,23H2,1-2H3. The average molecular weight is 389 g/mol. The van der Waals surface area contributed by atoms with Crippen molar-refractivity contribution in [2.45, 2.75) is 20.0 Å². The molecule has 27 heavy (non-hydrogen) atoms. The van der Waals surface area contributed by atoms with Crippen LogP contribution in [-0.4, -0.2) is 37.6 Å². The highest BCUT2D eigenvalue weighted by Crippen LogP contribution is 2.32. The van der Waals surface area contributed by atoms with Gasteiger partial charge in [0.15, 0.2) is 11.5 Å². The summed E-state index contributed by atoms with van der Waals surface area (Å²) >= 11 is 5.90. The molecule has 1 aliphatic heterocycles. The number of nitrogens with two attached hydrogens (primary N) is 1. The van der Waals surface area contributed by atoms with E-state index in [-0.39, 0.29) is 11.3 Å². The number of amides is 1. The van der Waals surface area contributed by atoms with Gasteiger partial charge < -0.3 is 20.1 Å². The van der Waals surface area contributed by atoms with Gasteiger partial charge in [0.25, 0.3) is 5.91 Å². The maximum atomic E-state index is 12.8. The minimum atomic E-state index is -0.00488. The molecule has 1 amide bonds. The second-order valence-electron chi connectivity index (χ2n) is 7.27. The Labute approximate surface area is 165 Å². The molecule has 0 radical (unpaired) electrons. The third-order valence-corrected chi connectivity index (χ3v) is 5.31. The quantitative estimate of drug-likeness (QED) is 0.818. The van der Waals surface area contributed by atoms with Gasteiger partial charge in [0.2, 0.25) is 0 Å². The molecule has 0 bridgehead atoms. The number of rotatable bonds is 6. The van der Waals surface area contributed by atoms with Crippen molar-refractivity contribution in [2.75, 3.05) is 26.7 Å². The molecule has 2 N–H and O–H groups in total. The highest BCUT2D eigenvalue weighted by Gasteiger charge is 2.35. The Balaban J connectivity index is 1.70. The summed E-state index contributed by atoms with van der Waals surface area (Å²) in [6.07, 6.45) is 0.925. The van der Waals surface area contributed by atoms with Crippen LogP contribution in [0.2, 0.25) is 5.02 Å². The number of halogens is 1. The van der Waals surface area contributed by atoms with E-state index in [0.717, 1.165) is 18.5 Å². The summed E-state index contributed by atoms with van der Waals surface area (Å²) in [4.78, 5) is 14.7. The van der Waals surface area contributed by atoms with Crippen molar-refractivity contribution in [3.8, 4) is 11.5 Å². The molecule has 6 heteroatoms. The van der Waals surface area contributed by atoms with Crippen LogP contribution in [0.5, 0.6) is 11.5 Å². The molecule has 0 aromatic heterocycles. The molecular weight excluding hydrogens is 364 g/mol. The van der Waals surface area contributed by atoms with E-state index in [1.165, 1.54) is 0 Å². The van der Waals surface area contributed by atoms with E-state index in [1.807, 2.05) is 29.2 Å². The van der Waals surface area contributed by atoms with Gasteiger partial charge in [-0.2, -0.15) is 0 Å². The third-order valence-electron chi connectivity index (χ3n) is 5.06. The second-order valence-corrected chi connectivity index (χ2v) is 7.71. The molecule has 2 aromatic carbocycles. The number of likely N-dealkylation sites (tertiary alicyclic amines) is 1. The molecule has 1 unspecified atom stereocenters. The number of carbonyl (C=O) groups is 1. The molecule has 1 heterocycles. The first-order chi connectivity index (χ1) is 12.9. The van der Waals surface area contributed by atoms with Crippen molar-refractivity contribution in [3.05, 3.63) is 58.6 Å². The average Bonchev–Trinajstić information content (AvgIpc) is 3.09. The van der Waals surface area contributed by atoms with Crippen LogP contribution in [0, 0.1) is 5.41 Å². The Morgan fingerprint density at radius 1 is 1.22 bits per heavy atom. The lowest BCUT2D eigenvalue weighted by Crippen LogP contribution is -2.34. The summed E-state index contributed by atoms with van der Waals surface area (Å²) in [5, 5.41) is 0.687. The second kappa shape index (κ2) is 8.19. The predicted octanol–water partition coefficient (Wildman–Crippen LogP) is 3.74. The molecule has 144 valence electrons. The van der Waals surface area contributed by atoms with Gasteiger partial charge in [0, 0.05) is 23.7 Å². The van der Waals surface area contributed by atoms with Crippen LogP contribution in [0.25, 0.3) is 0 Å². The minimum absolute atomic E-state index is 0.00137. The molecular formula is C21H25ClN2O3. The summed E-state index contributed by atoms with van der Waals surface area (Å²) in [6.45, 7) is 4.50. The first kappa shape index (κ1) is 19.5. The minimum Gasteiger partial charge on any atom is -0.493 e. The lowest BCUT2D eigenvalue weighted by atomic mass is 9.90. The van der Waals surface area contributed by atoms with Crippen molar-refractivity contribution in [3.63, 3.8) is 0 Å². The van der Waals surface area contributed by atoms with E-state index in [9.17, 15) is 4.79 Å². The van der Waals surface area contributed by atoms with E-state index in [1.54, 1.807) is 25.3 Å². The van der Waals surface area contributed by atoms with E-state index in [2.05, 4.69) is 6.92 Å². The van der Waals surface area contributed by atoms with Gasteiger partial charge in [-0.25, -0.2) is 0 Å². The zero-order chi connectivity index (χ0) is 19.4. The monoisotopic (exact) mass is 388 g/mol. The number of hydrogen-bond donors (Lipinski definition) is 1. The fourth-order valence-electron chi connectivity index (χ4n) is 3.21. The summed E-state index contributed by atoms with van der Waals surface area (Å²) in [6, 6.07) is 12.8. The van der Waals surface area contributed by atoms with Gasteiger partial charge in [-0.15, -0.1) is 0 Å². The van der Waals surface area contributed by atoms with E-state index < -0.39 is 0 Å². The molecule has 1 fully saturated rings. The Kier molecular flexibility index (Phi) is 5.92. The van der Waals surface area contributed by atoms with Gasteiger partial charge >= 0.3 is 0 Å². The topological polar surface area (TPSA) is 64.8 Å². The Morgan fingerprint density at radius 3 is 2.59 bits per heavy atom. The number of ether oxygens (including phenoxy) is 2. The molecule has 1 atom stereocenters. The maximum absolute atomic E-state index is 12.8. The van der Waals surface area contributed by atoms with Gasteiger partial charge in [0.1, 0.15) is 6.61 Å². The summed E-state index contributed by atoms with van der Waals surface area (Å²) in [5.74, 6) is 1.13. The number of carbonyl (C=O) groups excluding carboxylic acids is 1. The normalized spacial score (nSPS) is 19.2. The smallest absolute Gasteiger partial charge is 0.254 e. The van der Waals surface area contributed by atoms with Crippen LogP contribution < -0.4 is 15.2 Å². The summed E-state index contributed by atoms with van der Waals surface area (Å²) < 4.78 is 11.3.